The zero-order valence-corrected chi connectivity index (χ0v) is 10.7. The first-order valence-electron chi connectivity index (χ1n) is 5.12. The summed E-state index contributed by atoms with van der Waals surface area (Å²) >= 11 is 3.21. The van der Waals surface area contributed by atoms with E-state index in [-0.39, 0.29) is 12.5 Å². The van der Waals surface area contributed by atoms with Gasteiger partial charge in [-0.2, -0.15) is 0 Å². The molecule has 2 rings (SSSR count). The van der Waals surface area contributed by atoms with Crippen molar-refractivity contribution in [2.75, 3.05) is 0 Å². The molecule has 18 heavy (non-hydrogen) atoms. The lowest BCUT2D eigenvalue weighted by Crippen LogP contribution is -2.23. The van der Waals surface area contributed by atoms with Crippen molar-refractivity contribution in [2.45, 2.75) is 6.54 Å². The van der Waals surface area contributed by atoms with Crippen LogP contribution in [0.3, 0.4) is 0 Å². The van der Waals surface area contributed by atoms with Gasteiger partial charge >= 0.3 is 0 Å². The van der Waals surface area contributed by atoms with Crippen molar-refractivity contribution in [3.63, 3.8) is 0 Å². The third-order valence-corrected chi connectivity index (χ3v) is 2.79. The summed E-state index contributed by atoms with van der Waals surface area (Å²) in [6.07, 6.45) is 1.63. The molecule has 1 aromatic heterocycles. The number of H-pyrrole nitrogens is 1. The van der Waals surface area contributed by atoms with E-state index in [1.807, 2.05) is 0 Å². The molecule has 3 nitrogen and oxygen atoms in total. The molecule has 0 bridgehead atoms. The van der Waals surface area contributed by atoms with Crippen LogP contribution in [0.1, 0.15) is 16.1 Å². The van der Waals surface area contributed by atoms with Crippen molar-refractivity contribution >= 4 is 21.8 Å². The molecule has 0 fully saturated rings. The zero-order valence-electron chi connectivity index (χ0n) is 9.14. The van der Waals surface area contributed by atoms with Crippen LogP contribution in [-0.4, -0.2) is 10.9 Å². The van der Waals surface area contributed by atoms with Crippen LogP contribution in [0.5, 0.6) is 0 Å². The SMILES string of the molecule is O=C(NCc1ccc(F)c(F)c1)c1cc(Br)c[nH]1. The van der Waals surface area contributed by atoms with Crippen LogP contribution in [-0.2, 0) is 6.54 Å². The minimum atomic E-state index is -0.927. The van der Waals surface area contributed by atoms with Crippen molar-refractivity contribution in [3.8, 4) is 0 Å². The number of rotatable bonds is 3. The summed E-state index contributed by atoms with van der Waals surface area (Å²) in [6.45, 7) is 0.132. The van der Waals surface area contributed by atoms with Crippen molar-refractivity contribution in [2.24, 2.45) is 0 Å². The van der Waals surface area contributed by atoms with E-state index in [4.69, 9.17) is 0 Å². The Morgan fingerprint density at radius 3 is 2.67 bits per heavy atom. The Hall–Kier alpha value is -1.69. The molecule has 94 valence electrons. The molecule has 1 heterocycles. The lowest BCUT2D eigenvalue weighted by Gasteiger charge is -2.04. The Bertz CT molecular complexity index is 583. The van der Waals surface area contributed by atoms with E-state index in [0.29, 0.717) is 11.3 Å². The fraction of sp³-hybridized carbons (Fsp3) is 0.0833. The summed E-state index contributed by atoms with van der Waals surface area (Å²) < 4.78 is 26.4. The molecule has 0 radical (unpaired) electrons. The molecule has 2 aromatic rings. The molecule has 0 atom stereocenters. The van der Waals surface area contributed by atoms with E-state index in [1.54, 1.807) is 12.3 Å². The van der Waals surface area contributed by atoms with Crippen molar-refractivity contribution < 1.29 is 13.6 Å². The Morgan fingerprint density at radius 2 is 2.06 bits per heavy atom. The van der Waals surface area contributed by atoms with E-state index in [0.717, 1.165) is 16.6 Å². The van der Waals surface area contributed by atoms with E-state index in [2.05, 4.69) is 26.2 Å². The Balaban J connectivity index is 1.99. The molecule has 0 unspecified atom stereocenters. The summed E-state index contributed by atoms with van der Waals surface area (Å²) in [5.74, 6) is -2.15. The summed E-state index contributed by atoms with van der Waals surface area (Å²) in [4.78, 5) is 14.4. The number of carbonyl (C=O) groups excluding carboxylic acids is 1. The molecule has 0 aliphatic heterocycles. The number of amides is 1. The van der Waals surface area contributed by atoms with E-state index in [9.17, 15) is 13.6 Å². The van der Waals surface area contributed by atoms with Crippen LogP contribution in [0.2, 0.25) is 0 Å². The molecule has 2 N–H and O–H groups in total. The van der Waals surface area contributed by atoms with Gasteiger partial charge < -0.3 is 10.3 Å². The number of hydrogen-bond donors (Lipinski definition) is 2. The van der Waals surface area contributed by atoms with Gasteiger partial charge in [0.15, 0.2) is 11.6 Å². The number of nitrogens with one attached hydrogen (secondary N) is 2. The van der Waals surface area contributed by atoms with Gasteiger partial charge in [0.2, 0.25) is 0 Å². The fourth-order valence-electron chi connectivity index (χ4n) is 1.43. The van der Waals surface area contributed by atoms with Crippen LogP contribution in [0, 0.1) is 11.6 Å². The second-order valence-electron chi connectivity index (χ2n) is 3.66. The molecule has 0 aliphatic carbocycles. The minimum absolute atomic E-state index is 0.132. The Labute approximate surface area is 110 Å². The molecule has 1 amide bonds. The maximum Gasteiger partial charge on any atom is 0.267 e. The predicted molar refractivity (Wildman–Crippen MR) is 66.0 cm³/mol. The van der Waals surface area contributed by atoms with Gasteiger partial charge in [-0.1, -0.05) is 6.07 Å². The summed E-state index contributed by atoms with van der Waals surface area (Å²) in [5.41, 5.74) is 0.886. The van der Waals surface area contributed by atoms with E-state index < -0.39 is 11.6 Å². The number of carbonyl (C=O) groups is 1. The zero-order chi connectivity index (χ0) is 13.1. The van der Waals surface area contributed by atoms with Crippen LogP contribution in [0.15, 0.2) is 34.9 Å². The fourth-order valence-corrected chi connectivity index (χ4v) is 1.77. The highest BCUT2D eigenvalue weighted by Crippen LogP contribution is 2.11. The van der Waals surface area contributed by atoms with Gasteiger partial charge in [-0.05, 0) is 39.7 Å². The topological polar surface area (TPSA) is 44.9 Å². The first-order chi connectivity index (χ1) is 8.56. The van der Waals surface area contributed by atoms with Crippen molar-refractivity contribution in [3.05, 3.63) is 57.8 Å². The molecule has 0 spiro atoms. The van der Waals surface area contributed by atoms with Gasteiger partial charge in [-0.3, -0.25) is 4.79 Å². The second-order valence-corrected chi connectivity index (χ2v) is 4.58. The van der Waals surface area contributed by atoms with Gasteiger partial charge in [-0.15, -0.1) is 0 Å². The minimum Gasteiger partial charge on any atom is -0.356 e. The number of halogens is 3. The maximum absolute atomic E-state index is 12.9. The standard InChI is InChI=1S/C12H9BrF2N2O/c13-8-4-11(16-6-8)12(18)17-5-7-1-2-9(14)10(15)3-7/h1-4,6,16H,5H2,(H,17,18). The highest BCUT2D eigenvalue weighted by atomic mass is 79.9. The molecule has 1 aromatic carbocycles. The normalized spacial score (nSPS) is 10.4. The quantitative estimate of drug-likeness (QED) is 0.898. The second kappa shape index (κ2) is 5.30. The monoisotopic (exact) mass is 314 g/mol. The van der Waals surface area contributed by atoms with Gasteiger partial charge in [0.05, 0.1) is 0 Å². The molecule has 6 heteroatoms. The first-order valence-corrected chi connectivity index (χ1v) is 5.91. The smallest absolute Gasteiger partial charge is 0.267 e. The van der Waals surface area contributed by atoms with Crippen molar-refractivity contribution in [1.29, 1.82) is 0 Å². The molecule has 0 aliphatic rings. The predicted octanol–water partition coefficient (Wildman–Crippen LogP) is 2.99. The Kier molecular flexibility index (Phi) is 3.76. The van der Waals surface area contributed by atoms with Crippen molar-refractivity contribution in [1.82, 2.24) is 10.3 Å². The average molecular weight is 315 g/mol. The number of aromatic amines is 1. The highest BCUT2D eigenvalue weighted by Gasteiger charge is 2.08. The lowest BCUT2D eigenvalue weighted by molar-refractivity contribution is 0.0946. The lowest BCUT2D eigenvalue weighted by atomic mass is 10.2. The maximum atomic E-state index is 12.9. The average Bonchev–Trinajstić information content (AvgIpc) is 2.77. The van der Waals surface area contributed by atoms with Crippen LogP contribution in [0.4, 0.5) is 8.78 Å². The Morgan fingerprint density at radius 1 is 1.28 bits per heavy atom. The molecular weight excluding hydrogens is 306 g/mol. The number of aromatic nitrogens is 1. The van der Waals surface area contributed by atoms with E-state index >= 15 is 0 Å². The third kappa shape index (κ3) is 2.95. The summed E-state index contributed by atoms with van der Waals surface area (Å²) in [5, 5.41) is 2.60. The third-order valence-electron chi connectivity index (χ3n) is 2.33. The van der Waals surface area contributed by atoms with Crippen LogP contribution < -0.4 is 5.32 Å². The molecule has 0 saturated carbocycles. The summed E-state index contributed by atoms with van der Waals surface area (Å²) in [7, 11) is 0. The van der Waals surface area contributed by atoms with Gasteiger partial charge in [-0.25, -0.2) is 8.78 Å². The van der Waals surface area contributed by atoms with Gasteiger partial charge in [0.1, 0.15) is 5.69 Å². The largest absolute Gasteiger partial charge is 0.356 e. The summed E-state index contributed by atoms with van der Waals surface area (Å²) in [6, 6.07) is 5.13. The molecule has 0 saturated heterocycles. The van der Waals surface area contributed by atoms with Crippen LogP contribution >= 0.6 is 15.9 Å². The van der Waals surface area contributed by atoms with Gasteiger partial charge in [0, 0.05) is 17.2 Å². The van der Waals surface area contributed by atoms with E-state index in [1.165, 1.54) is 6.07 Å². The van der Waals surface area contributed by atoms with Gasteiger partial charge in [0.25, 0.3) is 5.91 Å². The number of hydrogen-bond acceptors (Lipinski definition) is 1. The first kappa shape index (κ1) is 12.8. The molecular formula is C12H9BrF2N2O. The highest BCUT2D eigenvalue weighted by molar-refractivity contribution is 9.10. The van der Waals surface area contributed by atoms with Crippen LogP contribution in [0.25, 0.3) is 0 Å². The number of benzene rings is 1.